The molecule has 3 heterocycles. The molecule has 0 aliphatic carbocycles. The summed E-state index contributed by atoms with van der Waals surface area (Å²) in [6.45, 7) is 3.51. The second-order valence-electron chi connectivity index (χ2n) is 7.06. The summed E-state index contributed by atoms with van der Waals surface area (Å²) >= 11 is 0. The molecular weight excluding hydrogens is 402 g/mol. The monoisotopic (exact) mass is 423 g/mol. The molecule has 1 amide bonds. The molecule has 28 heavy (non-hydrogen) atoms. The third-order valence-electron chi connectivity index (χ3n) is 5.42. The summed E-state index contributed by atoms with van der Waals surface area (Å²) in [5, 5.41) is 3.74. The van der Waals surface area contributed by atoms with Gasteiger partial charge in [-0.3, -0.25) is 13.9 Å². The zero-order valence-electron chi connectivity index (χ0n) is 15.6. The van der Waals surface area contributed by atoms with Crippen molar-refractivity contribution >= 4 is 32.4 Å². The van der Waals surface area contributed by atoms with Crippen molar-refractivity contribution in [1.82, 2.24) is 9.46 Å². The minimum absolute atomic E-state index is 0.0362. The second kappa shape index (κ2) is 6.78. The van der Waals surface area contributed by atoms with Crippen LogP contribution in [0.15, 0.2) is 39.8 Å². The van der Waals surface area contributed by atoms with E-state index in [0.717, 1.165) is 0 Å². The summed E-state index contributed by atoms with van der Waals surface area (Å²) in [6, 6.07) is 9.14. The van der Waals surface area contributed by atoms with Crippen LogP contribution in [0, 0.1) is 13.8 Å². The summed E-state index contributed by atoms with van der Waals surface area (Å²) in [5.74, 6) is 0.0285. The molecule has 1 atom stereocenters. The van der Waals surface area contributed by atoms with E-state index < -0.39 is 25.7 Å². The van der Waals surface area contributed by atoms with Crippen molar-refractivity contribution in [3.05, 3.63) is 41.8 Å². The fourth-order valence-electron chi connectivity index (χ4n) is 4.10. The fraction of sp³-hybridized carbons (Fsp3) is 0.444. The average Bonchev–Trinajstić information content (AvgIpc) is 3.12. The van der Waals surface area contributed by atoms with E-state index in [1.54, 1.807) is 18.7 Å². The van der Waals surface area contributed by atoms with Gasteiger partial charge in [0.25, 0.3) is 0 Å². The molecule has 1 aromatic heterocycles. The summed E-state index contributed by atoms with van der Waals surface area (Å²) in [4.78, 5) is 13.4. The lowest BCUT2D eigenvalue weighted by atomic mass is 10.0. The lowest BCUT2D eigenvalue weighted by Gasteiger charge is -2.42. The van der Waals surface area contributed by atoms with Gasteiger partial charge in [0.2, 0.25) is 15.9 Å². The summed E-state index contributed by atoms with van der Waals surface area (Å²) < 4.78 is 45.4. The van der Waals surface area contributed by atoms with Crippen LogP contribution in [0.5, 0.6) is 0 Å². The van der Waals surface area contributed by atoms with E-state index in [1.807, 2.05) is 30.3 Å². The molecule has 0 saturated carbocycles. The van der Waals surface area contributed by atoms with Crippen molar-refractivity contribution < 1.29 is 21.9 Å². The number of aromatic nitrogens is 1. The van der Waals surface area contributed by atoms with Crippen LogP contribution >= 0.6 is 0 Å². The van der Waals surface area contributed by atoms with Gasteiger partial charge in [-0.05, 0) is 38.8 Å². The molecule has 0 bridgehead atoms. The Hall–Kier alpha value is -2.04. The number of carbonyl (C=O) groups excluding carboxylic acids is 1. The number of anilines is 1. The van der Waals surface area contributed by atoms with Gasteiger partial charge in [-0.2, -0.15) is 4.31 Å². The van der Waals surface area contributed by atoms with Crippen LogP contribution in [0.25, 0.3) is 0 Å². The molecule has 0 N–H and O–H groups in total. The highest BCUT2D eigenvalue weighted by atomic mass is 32.2. The Bertz CT molecular complexity index is 1020. The van der Waals surface area contributed by atoms with E-state index in [1.165, 1.54) is 4.31 Å². The number of hydrogen-bond donors (Lipinski definition) is 0. The number of nitrogens with zero attached hydrogens (tertiary/aromatic N) is 3. The number of sulfonamides is 1. The molecule has 2 saturated heterocycles. The molecule has 2 aliphatic heterocycles. The minimum Gasteiger partial charge on any atom is -0.360 e. The first-order valence-corrected chi connectivity index (χ1v) is 11.7. The third kappa shape index (κ3) is 2.82. The van der Waals surface area contributed by atoms with Crippen molar-refractivity contribution in [2.24, 2.45) is 0 Å². The molecule has 2 fully saturated rings. The Labute approximate surface area is 166 Å². The standard InChI is InChI=1S/C18H21N3O5S2/c1-13-17(14(2)26-19-13)28(24,25)20-10-8-18(9-11-20)21(16(22)12-27(18)23)15-6-4-3-5-7-15/h3-7H,8-12H2,1-2H3. The van der Waals surface area contributed by atoms with Crippen LogP contribution in [-0.2, 0) is 25.6 Å². The van der Waals surface area contributed by atoms with Crippen LogP contribution < -0.4 is 4.90 Å². The topological polar surface area (TPSA) is 101 Å². The maximum absolute atomic E-state index is 13.1. The molecule has 1 unspecified atom stereocenters. The Kier molecular flexibility index (Phi) is 4.67. The molecule has 1 aromatic carbocycles. The van der Waals surface area contributed by atoms with Crippen molar-refractivity contribution in [2.45, 2.75) is 36.5 Å². The highest BCUT2D eigenvalue weighted by Crippen LogP contribution is 2.41. The molecule has 1 spiro atoms. The predicted octanol–water partition coefficient (Wildman–Crippen LogP) is 1.57. The van der Waals surface area contributed by atoms with Crippen LogP contribution in [0.3, 0.4) is 0 Å². The maximum atomic E-state index is 13.1. The Balaban J connectivity index is 1.64. The van der Waals surface area contributed by atoms with Gasteiger partial charge in [0.05, 0.1) is 10.8 Å². The molecular formula is C18H21N3O5S2. The van der Waals surface area contributed by atoms with Crippen LogP contribution in [-0.4, -0.2) is 51.7 Å². The molecule has 2 aromatic rings. The molecule has 8 nitrogen and oxygen atoms in total. The van der Waals surface area contributed by atoms with Gasteiger partial charge in [-0.15, -0.1) is 0 Å². The van der Waals surface area contributed by atoms with Crippen molar-refractivity contribution in [1.29, 1.82) is 0 Å². The Morgan fingerprint density at radius 2 is 1.79 bits per heavy atom. The lowest BCUT2D eigenvalue weighted by Crippen LogP contribution is -2.56. The van der Waals surface area contributed by atoms with Gasteiger partial charge in [-0.25, -0.2) is 8.42 Å². The van der Waals surface area contributed by atoms with Gasteiger partial charge in [0, 0.05) is 18.8 Å². The number of rotatable bonds is 3. The van der Waals surface area contributed by atoms with Crippen molar-refractivity contribution in [2.75, 3.05) is 23.7 Å². The Morgan fingerprint density at radius 1 is 1.14 bits per heavy atom. The van der Waals surface area contributed by atoms with Crippen molar-refractivity contribution in [3.63, 3.8) is 0 Å². The van der Waals surface area contributed by atoms with E-state index in [2.05, 4.69) is 5.16 Å². The zero-order chi connectivity index (χ0) is 20.1. The number of hydrogen-bond acceptors (Lipinski definition) is 6. The predicted molar refractivity (Wildman–Crippen MR) is 104 cm³/mol. The quantitative estimate of drug-likeness (QED) is 0.743. The largest absolute Gasteiger partial charge is 0.360 e. The first kappa shape index (κ1) is 19.3. The van der Waals surface area contributed by atoms with Gasteiger partial charge < -0.3 is 4.52 Å². The van der Waals surface area contributed by atoms with E-state index in [4.69, 9.17) is 4.52 Å². The first-order chi connectivity index (χ1) is 13.3. The minimum atomic E-state index is -3.76. The summed E-state index contributed by atoms with van der Waals surface area (Å²) in [5.41, 5.74) is 1.02. The number of para-hydroxylation sites is 1. The maximum Gasteiger partial charge on any atom is 0.248 e. The smallest absolute Gasteiger partial charge is 0.248 e. The van der Waals surface area contributed by atoms with Crippen LogP contribution in [0.2, 0.25) is 0 Å². The van der Waals surface area contributed by atoms with Gasteiger partial charge >= 0.3 is 0 Å². The highest BCUT2D eigenvalue weighted by Gasteiger charge is 2.54. The average molecular weight is 424 g/mol. The number of carbonyl (C=O) groups is 1. The molecule has 0 radical (unpaired) electrons. The normalized spacial score (nSPS) is 22.9. The first-order valence-electron chi connectivity index (χ1n) is 8.97. The lowest BCUT2D eigenvalue weighted by molar-refractivity contribution is -0.116. The number of piperidine rings is 1. The van der Waals surface area contributed by atoms with Gasteiger partial charge in [0.15, 0.2) is 5.76 Å². The SMILES string of the molecule is Cc1noc(C)c1S(=O)(=O)N1CCC2(CC1)N(c1ccccc1)C(=O)CS2=O. The van der Waals surface area contributed by atoms with E-state index in [-0.39, 0.29) is 35.4 Å². The molecule has 10 heteroatoms. The molecule has 2 aliphatic rings. The van der Waals surface area contributed by atoms with E-state index in [0.29, 0.717) is 24.2 Å². The highest BCUT2D eigenvalue weighted by molar-refractivity contribution is 7.89. The molecule has 4 rings (SSSR count). The summed E-state index contributed by atoms with van der Waals surface area (Å²) in [6.07, 6.45) is 0.617. The van der Waals surface area contributed by atoms with Gasteiger partial charge in [-0.1, -0.05) is 23.4 Å². The van der Waals surface area contributed by atoms with E-state index in [9.17, 15) is 17.4 Å². The van der Waals surface area contributed by atoms with Crippen LogP contribution in [0.4, 0.5) is 5.69 Å². The number of aryl methyl sites for hydroxylation is 2. The van der Waals surface area contributed by atoms with E-state index >= 15 is 0 Å². The third-order valence-corrected chi connectivity index (χ3v) is 9.51. The van der Waals surface area contributed by atoms with Crippen molar-refractivity contribution in [3.8, 4) is 0 Å². The van der Waals surface area contributed by atoms with Gasteiger partial charge in [0.1, 0.15) is 21.2 Å². The number of amides is 1. The molecule has 150 valence electrons. The summed E-state index contributed by atoms with van der Waals surface area (Å²) in [7, 11) is -5.16. The van der Waals surface area contributed by atoms with Crippen LogP contribution in [0.1, 0.15) is 24.3 Å². The zero-order valence-corrected chi connectivity index (χ0v) is 17.3. The Morgan fingerprint density at radius 3 is 2.36 bits per heavy atom. The number of benzene rings is 1. The second-order valence-corrected chi connectivity index (χ2v) is 10.7. The fourth-order valence-corrected chi connectivity index (χ4v) is 7.50.